The standard InChI is InChI=1S/C4H4N2.BH3O3.Li.H/c1-2-6-4-3-5-1;2-1(3)4;;/h1-4H;2-4H;;. The molecule has 1 rings (SSSR count). The topological polar surface area (TPSA) is 86.5 Å². The van der Waals surface area contributed by atoms with Gasteiger partial charge in [0.15, 0.2) is 0 Å². The number of hydrogen-bond donors (Lipinski definition) is 3. The zero-order chi connectivity index (χ0) is 7.82. The molecule has 0 saturated heterocycles. The van der Waals surface area contributed by atoms with Crippen molar-refractivity contribution < 1.29 is 15.1 Å². The van der Waals surface area contributed by atoms with E-state index in [2.05, 4.69) is 9.97 Å². The molecule has 0 bridgehead atoms. The number of nitrogens with zero attached hydrogens (tertiary/aromatic N) is 2. The fourth-order valence-corrected chi connectivity index (χ4v) is 0.253. The van der Waals surface area contributed by atoms with Crippen molar-refractivity contribution in [2.75, 3.05) is 0 Å². The molecule has 0 saturated carbocycles. The maximum Gasteiger partial charge on any atom is 0.0451 e. The van der Waals surface area contributed by atoms with Crippen LogP contribution in [0.15, 0.2) is 24.8 Å². The van der Waals surface area contributed by atoms with Gasteiger partial charge in [-0.3, -0.25) is 9.97 Å². The zero-order valence-corrected chi connectivity index (χ0v) is 5.12. The van der Waals surface area contributed by atoms with E-state index in [0.29, 0.717) is 0 Å². The van der Waals surface area contributed by atoms with Gasteiger partial charge in [0.05, 0.1) is 0 Å². The van der Waals surface area contributed by atoms with Crippen molar-refractivity contribution in [3.05, 3.63) is 24.8 Å². The molecule has 56 valence electrons. The van der Waals surface area contributed by atoms with E-state index in [4.69, 9.17) is 15.1 Å². The molecule has 1 aromatic heterocycles. The smallest absolute Gasteiger partial charge is 0.0451 e. The van der Waals surface area contributed by atoms with Gasteiger partial charge in [0.1, 0.15) is 0 Å². The van der Waals surface area contributed by atoms with Crippen LogP contribution in [-0.2, 0) is 0 Å². The summed E-state index contributed by atoms with van der Waals surface area (Å²) >= 11 is 0. The van der Waals surface area contributed by atoms with Crippen LogP contribution in [0.5, 0.6) is 0 Å². The summed E-state index contributed by atoms with van der Waals surface area (Å²) in [5.74, 6) is 0. The van der Waals surface area contributed by atoms with Gasteiger partial charge in [-0.1, -0.05) is 0 Å². The van der Waals surface area contributed by atoms with Gasteiger partial charge in [-0.15, -0.1) is 0 Å². The summed E-state index contributed by atoms with van der Waals surface area (Å²) in [5.41, 5.74) is 0. The van der Waals surface area contributed by atoms with Crippen molar-refractivity contribution >= 4 is 26.2 Å². The molecule has 0 aliphatic heterocycles. The summed E-state index contributed by atoms with van der Waals surface area (Å²) in [6, 6.07) is 0. The van der Waals surface area contributed by atoms with Crippen molar-refractivity contribution in [2.24, 2.45) is 0 Å². The molecule has 0 aliphatic rings. The third kappa shape index (κ3) is 17.7. The molecule has 11 heavy (non-hydrogen) atoms. The van der Waals surface area contributed by atoms with Crippen LogP contribution < -0.4 is 0 Å². The fraction of sp³-hybridized carbons (Fsp3) is 0. The Kier molecular flexibility index (Phi) is 11.6. The van der Waals surface area contributed by atoms with Crippen LogP contribution >= 0.6 is 0 Å². The molecule has 0 amide bonds. The van der Waals surface area contributed by atoms with Crippen molar-refractivity contribution in [3.63, 3.8) is 0 Å². The first-order valence-corrected chi connectivity index (χ1v) is 2.47. The Morgan fingerprint density at radius 3 is 1.09 bits per heavy atom. The van der Waals surface area contributed by atoms with E-state index >= 15 is 0 Å². The van der Waals surface area contributed by atoms with Crippen LogP contribution in [0.25, 0.3) is 0 Å². The first-order valence-electron chi connectivity index (χ1n) is 2.47. The summed E-state index contributed by atoms with van der Waals surface area (Å²) in [6.07, 6.45) is 6.56. The van der Waals surface area contributed by atoms with Crippen LogP contribution in [0.4, 0.5) is 0 Å². The van der Waals surface area contributed by atoms with Crippen molar-refractivity contribution in [3.8, 4) is 0 Å². The van der Waals surface area contributed by atoms with Crippen LogP contribution in [0, 0.1) is 0 Å². The van der Waals surface area contributed by atoms with Crippen LogP contribution in [0.3, 0.4) is 0 Å². The van der Waals surface area contributed by atoms with Gasteiger partial charge < -0.3 is 15.1 Å². The molecule has 0 unspecified atom stereocenters. The van der Waals surface area contributed by atoms with Crippen molar-refractivity contribution in [1.82, 2.24) is 9.97 Å². The maximum atomic E-state index is 7.17. The molecule has 0 spiro atoms. The first-order chi connectivity index (χ1) is 4.73. The first kappa shape index (κ1) is 13.2. The fourth-order valence-electron chi connectivity index (χ4n) is 0.253. The molecular weight excluding hydrogens is 142 g/mol. The Labute approximate surface area is 76.5 Å². The monoisotopic (exact) mass is 150 g/mol. The van der Waals surface area contributed by atoms with E-state index < -0.39 is 7.32 Å². The van der Waals surface area contributed by atoms with Gasteiger partial charge in [0.2, 0.25) is 0 Å². The number of hydrogen-bond acceptors (Lipinski definition) is 5. The van der Waals surface area contributed by atoms with Crippen LogP contribution in [0.1, 0.15) is 0 Å². The predicted molar refractivity (Wildman–Crippen MR) is 41.6 cm³/mol. The molecule has 3 N–H and O–H groups in total. The second kappa shape index (κ2) is 9.62. The van der Waals surface area contributed by atoms with Gasteiger partial charge in [0, 0.05) is 24.8 Å². The van der Waals surface area contributed by atoms with E-state index in [1.54, 1.807) is 24.8 Å². The zero-order valence-electron chi connectivity index (χ0n) is 5.12. The summed E-state index contributed by atoms with van der Waals surface area (Å²) in [4.78, 5) is 7.44. The van der Waals surface area contributed by atoms with Crippen LogP contribution in [0.2, 0.25) is 0 Å². The Bertz CT molecular complexity index is 124. The quantitative estimate of drug-likeness (QED) is 0.364. The third-order valence-electron chi connectivity index (χ3n) is 0.478. The van der Waals surface area contributed by atoms with Crippen molar-refractivity contribution in [2.45, 2.75) is 0 Å². The largest absolute Gasteiger partial charge is 0.262 e. The predicted octanol–water partition coefficient (Wildman–Crippen LogP) is -2.22. The average molecular weight is 150 g/mol. The molecule has 5 nitrogen and oxygen atoms in total. The van der Waals surface area contributed by atoms with Gasteiger partial charge in [-0.2, -0.15) is 0 Å². The van der Waals surface area contributed by atoms with Crippen LogP contribution in [-0.4, -0.2) is 51.2 Å². The molecule has 0 aromatic carbocycles. The Balaban J connectivity index is 0. The van der Waals surface area contributed by atoms with E-state index in [1.807, 2.05) is 0 Å². The molecule has 1 heterocycles. The van der Waals surface area contributed by atoms with E-state index in [-0.39, 0.29) is 18.9 Å². The summed E-state index contributed by atoms with van der Waals surface area (Å²) in [7, 11) is -2.17. The SMILES string of the molecule is OB(O)O.[LiH].c1cnccn1. The maximum absolute atomic E-state index is 7.17. The second-order valence-electron chi connectivity index (χ2n) is 1.24. The molecule has 0 fully saturated rings. The van der Waals surface area contributed by atoms with Gasteiger partial charge in [-0.05, 0) is 0 Å². The molecule has 0 radical (unpaired) electrons. The second-order valence-corrected chi connectivity index (χ2v) is 1.24. The van der Waals surface area contributed by atoms with Gasteiger partial charge in [-0.25, -0.2) is 0 Å². The Hall–Kier alpha value is -0.378. The Morgan fingerprint density at radius 1 is 0.818 bits per heavy atom. The van der Waals surface area contributed by atoms with E-state index in [1.165, 1.54) is 0 Å². The molecule has 0 aliphatic carbocycles. The molecule has 7 heteroatoms. The summed E-state index contributed by atoms with van der Waals surface area (Å²) in [5, 5.41) is 21.5. The summed E-state index contributed by atoms with van der Waals surface area (Å²) < 4.78 is 0. The minimum absolute atomic E-state index is 0. The third-order valence-corrected chi connectivity index (χ3v) is 0.478. The van der Waals surface area contributed by atoms with E-state index in [0.717, 1.165) is 0 Å². The number of rotatable bonds is 0. The normalized spacial score (nSPS) is 6.82. The molecule has 0 atom stereocenters. The molecule has 1 aromatic rings. The Morgan fingerprint density at radius 2 is 1.00 bits per heavy atom. The minimum atomic E-state index is -2.17. The van der Waals surface area contributed by atoms with Gasteiger partial charge >= 0.3 is 26.2 Å². The number of aromatic nitrogens is 2. The van der Waals surface area contributed by atoms with Crippen molar-refractivity contribution in [1.29, 1.82) is 0 Å². The minimum Gasteiger partial charge on any atom is -0.262 e. The summed E-state index contributed by atoms with van der Waals surface area (Å²) in [6.45, 7) is 0. The van der Waals surface area contributed by atoms with E-state index in [9.17, 15) is 0 Å². The van der Waals surface area contributed by atoms with Gasteiger partial charge in [0.25, 0.3) is 0 Å². The average Bonchev–Trinajstić information content (AvgIpc) is 1.90. The molecular formula is C4H8BLiN2O3.